The van der Waals surface area contributed by atoms with E-state index in [1.165, 1.54) is 27.3 Å². The molecule has 0 bridgehead atoms. The van der Waals surface area contributed by atoms with Crippen LogP contribution in [0.3, 0.4) is 0 Å². The summed E-state index contributed by atoms with van der Waals surface area (Å²) in [6.45, 7) is 7.21. The van der Waals surface area contributed by atoms with Gasteiger partial charge < -0.3 is 4.74 Å². The zero-order valence-electron chi connectivity index (χ0n) is 19.0. The van der Waals surface area contributed by atoms with Crippen molar-refractivity contribution in [2.45, 2.75) is 27.2 Å². The first kappa shape index (κ1) is 22.2. The molecule has 0 saturated heterocycles. The van der Waals surface area contributed by atoms with Gasteiger partial charge in [-0.25, -0.2) is 0 Å². The van der Waals surface area contributed by atoms with Crippen LogP contribution >= 0.6 is 8.58 Å². The standard InChI is InChI=1S/C29H30NOP/c1-21-17-23(3)28(31-20-24-12-6-4-7-13-24)27(18-21)32-29-22(2)11-10-14-25(29)19-30-26-15-8-5-9-16-26/h4-12,14-19,24,32H,13,20H2,1-3H3/b30-19+. The Bertz CT molecular complexity index is 1160. The molecule has 0 saturated carbocycles. The molecule has 162 valence electrons. The molecule has 2 nitrogen and oxygen atoms in total. The zero-order chi connectivity index (χ0) is 22.3. The number of aliphatic imine (C=N–C) groups is 1. The molecule has 1 aliphatic carbocycles. The minimum Gasteiger partial charge on any atom is -0.492 e. The van der Waals surface area contributed by atoms with E-state index >= 15 is 0 Å². The van der Waals surface area contributed by atoms with Crippen LogP contribution in [0.1, 0.15) is 28.7 Å². The summed E-state index contributed by atoms with van der Waals surface area (Å²) in [4.78, 5) is 4.71. The highest BCUT2D eigenvalue weighted by atomic mass is 31.1. The predicted molar refractivity (Wildman–Crippen MR) is 140 cm³/mol. The molecule has 0 radical (unpaired) electrons. The van der Waals surface area contributed by atoms with Crippen molar-refractivity contribution in [1.29, 1.82) is 0 Å². The molecule has 0 aliphatic heterocycles. The summed E-state index contributed by atoms with van der Waals surface area (Å²) in [5.74, 6) is 1.47. The lowest BCUT2D eigenvalue weighted by molar-refractivity contribution is 0.276. The van der Waals surface area contributed by atoms with Gasteiger partial charge in [-0.2, -0.15) is 0 Å². The number of aryl methyl sites for hydroxylation is 3. The third kappa shape index (κ3) is 5.64. The average molecular weight is 440 g/mol. The van der Waals surface area contributed by atoms with Gasteiger partial charge in [-0.15, -0.1) is 0 Å². The molecule has 1 aliphatic rings. The molecule has 3 aromatic rings. The van der Waals surface area contributed by atoms with Crippen molar-refractivity contribution in [3.63, 3.8) is 0 Å². The topological polar surface area (TPSA) is 21.6 Å². The number of para-hydroxylation sites is 1. The molecule has 0 aromatic heterocycles. The van der Waals surface area contributed by atoms with Gasteiger partial charge in [-0.1, -0.05) is 75.3 Å². The van der Waals surface area contributed by atoms with Crippen LogP contribution in [0.25, 0.3) is 0 Å². The van der Waals surface area contributed by atoms with Crippen LogP contribution in [0.4, 0.5) is 5.69 Å². The van der Waals surface area contributed by atoms with Gasteiger partial charge >= 0.3 is 0 Å². The molecule has 0 amide bonds. The van der Waals surface area contributed by atoms with E-state index in [-0.39, 0.29) is 0 Å². The molecular weight excluding hydrogens is 409 g/mol. The molecule has 2 atom stereocenters. The Hall–Kier alpha value is -2.96. The van der Waals surface area contributed by atoms with E-state index < -0.39 is 0 Å². The maximum atomic E-state index is 6.43. The number of allylic oxidation sites excluding steroid dienone is 3. The average Bonchev–Trinajstić information content (AvgIpc) is 2.80. The van der Waals surface area contributed by atoms with Crippen molar-refractivity contribution in [2.24, 2.45) is 10.9 Å². The first-order valence-electron chi connectivity index (χ1n) is 11.1. The van der Waals surface area contributed by atoms with Gasteiger partial charge in [-0.3, -0.25) is 4.99 Å². The molecular formula is C29H30NOP. The molecule has 4 rings (SSSR count). The molecule has 32 heavy (non-hydrogen) atoms. The van der Waals surface area contributed by atoms with Crippen molar-refractivity contribution >= 4 is 31.1 Å². The number of rotatable bonds is 7. The first-order valence-corrected chi connectivity index (χ1v) is 12.1. The fourth-order valence-electron chi connectivity index (χ4n) is 3.95. The molecule has 0 fully saturated rings. The maximum Gasteiger partial charge on any atom is 0.129 e. The number of hydrogen-bond donors (Lipinski definition) is 0. The van der Waals surface area contributed by atoms with Crippen molar-refractivity contribution in [1.82, 2.24) is 0 Å². The summed E-state index contributed by atoms with van der Waals surface area (Å²) >= 11 is 0. The fraction of sp³-hybridized carbons (Fsp3) is 0.207. The number of benzene rings is 3. The van der Waals surface area contributed by atoms with Gasteiger partial charge in [-0.05, 0) is 67.4 Å². The third-order valence-electron chi connectivity index (χ3n) is 5.60. The SMILES string of the molecule is Cc1cc(C)c(OCC2C=CC=CC2)c(Pc2c(C)cccc2/C=N/c2ccccc2)c1. The van der Waals surface area contributed by atoms with Crippen molar-refractivity contribution < 1.29 is 4.74 Å². The lowest BCUT2D eigenvalue weighted by Crippen LogP contribution is -2.18. The predicted octanol–water partition coefficient (Wildman–Crippen LogP) is 6.50. The number of hydrogen-bond acceptors (Lipinski definition) is 2. The Kier molecular flexibility index (Phi) is 7.35. The van der Waals surface area contributed by atoms with E-state index in [4.69, 9.17) is 9.73 Å². The largest absolute Gasteiger partial charge is 0.492 e. The Morgan fingerprint density at radius 1 is 0.969 bits per heavy atom. The lowest BCUT2D eigenvalue weighted by atomic mass is 10.0. The summed E-state index contributed by atoms with van der Waals surface area (Å²) in [7, 11) is 0.504. The van der Waals surface area contributed by atoms with E-state index in [9.17, 15) is 0 Å². The summed E-state index contributed by atoms with van der Waals surface area (Å²) in [5.41, 5.74) is 5.89. The second-order valence-electron chi connectivity index (χ2n) is 8.34. The van der Waals surface area contributed by atoms with Crippen LogP contribution in [0.15, 0.2) is 90.0 Å². The second-order valence-corrected chi connectivity index (χ2v) is 9.62. The van der Waals surface area contributed by atoms with Gasteiger partial charge in [0.05, 0.1) is 12.3 Å². The lowest BCUT2D eigenvalue weighted by Gasteiger charge is -2.20. The summed E-state index contributed by atoms with van der Waals surface area (Å²) in [6.07, 6.45) is 11.7. The van der Waals surface area contributed by atoms with Crippen LogP contribution in [0.2, 0.25) is 0 Å². The van der Waals surface area contributed by atoms with Crippen molar-refractivity contribution in [3.8, 4) is 5.75 Å². The monoisotopic (exact) mass is 439 g/mol. The highest BCUT2D eigenvalue weighted by Gasteiger charge is 2.15. The minimum atomic E-state index is 0.434. The van der Waals surface area contributed by atoms with Gasteiger partial charge in [0.2, 0.25) is 0 Å². The smallest absolute Gasteiger partial charge is 0.129 e. The molecule has 3 heteroatoms. The van der Waals surface area contributed by atoms with Crippen molar-refractivity contribution in [3.05, 3.63) is 107 Å². The van der Waals surface area contributed by atoms with Gasteiger partial charge in [0.25, 0.3) is 0 Å². The maximum absolute atomic E-state index is 6.43. The van der Waals surface area contributed by atoms with Crippen LogP contribution in [-0.4, -0.2) is 12.8 Å². The third-order valence-corrected chi connectivity index (χ3v) is 7.18. The Morgan fingerprint density at radius 2 is 1.81 bits per heavy atom. The normalized spacial score (nSPS) is 15.8. The first-order chi connectivity index (χ1) is 15.6. The highest BCUT2D eigenvalue weighted by molar-refractivity contribution is 7.56. The Balaban J connectivity index is 1.63. The van der Waals surface area contributed by atoms with Gasteiger partial charge in [0.1, 0.15) is 5.75 Å². The van der Waals surface area contributed by atoms with E-state index in [1.807, 2.05) is 36.5 Å². The molecule has 3 aromatic carbocycles. The van der Waals surface area contributed by atoms with Crippen LogP contribution in [-0.2, 0) is 0 Å². The van der Waals surface area contributed by atoms with Crippen LogP contribution in [0, 0.1) is 26.7 Å². The molecule has 0 spiro atoms. The number of nitrogens with zero attached hydrogens (tertiary/aromatic N) is 1. The fourth-order valence-corrected chi connectivity index (χ4v) is 5.47. The minimum absolute atomic E-state index is 0.434. The van der Waals surface area contributed by atoms with Crippen molar-refractivity contribution in [2.75, 3.05) is 6.61 Å². The summed E-state index contributed by atoms with van der Waals surface area (Å²) < 4.78 is 6.43. The van der Waals surface area contributed by atoms with Crippen LogP contribution in [0.5, 0.6) is 5.75 Å². The molecule has 0 N–H and O–H groups in total. The van der Waals surface area contributed by atoms with E-state index in [0.717, 1.165) is 23.4 Å². The molecule has 2 unspecified atom stereocenters. The van der Waals surface area contributed by atoms with E-state index in [2.05, 4.69) is 75.4 Å². The van der Waals surface area contributed by atoms with E-state index in [0.29, 0.717) is 21.1 Å². The van der Waals surface area contributed by atoms with Gasteiger partial charge in [0, 0.05) is 23.0 Å². The van der Waals surface area contributed by atoms with Gasteiger partial charge in [0.15, 0.2) is 0 Å². The summed E-state index contributed by atoms with van der Waals surface area (Å²) in [6, 6.07) is 21.0. The zero-order valence-corrected chi connectivity index (χ0v) is 20.0. The second kappa shape index (κ2) is 10.6. The van der Waals surface area contributed by atoms with E-state index in [1.54, 1.807) is 0 Å². The quantitative estimate of drug-likeness (QED) is 0.304. The van der Waals surface area contributed by atoms with Crippen LogP contribution < -0.4 is 15.3 Å². The Morgan fingerprint density at radius 3 is 2.59 bits per heavy atom. The summed E-state index contributed by atoms with van der Waals surface area (Å²) in [5, 5.41) is 2.59. The molecule has 0 heterocycles. The Labute approximate surface area is 193 Å². The number of ether oxygens (including phenoxy) is 1. The highest BCUT2D eigenvalue weighted by Crippen LogP contribution is 2.28.